The van der Waals surface area contributed by atoms with Gasteiger partial charge < -0.3 is 10.2 Å². The smallest absolute Gasteiger partial charge is 0.335 e. The molecule has 0 radical (unpaired) electrons. The van der Waals surface area contributed by atoms with Crippen molar-refractivity contribution in [3.8, 4) is 0 Å². The number of thioether (sulfide) groups is 1. The molecule has 2 N–H and O–H groups in total. The Balaban J connectivity index is 2.75. The van der Waals surface area contributed by atoms with Crippen molar-refractivity contribution in [2.45, 2.75) is 24.3 Å². The van der Waals surface area contributed by atoms with Crippen molar-refractivity contribution < 1.29 is 19.8 Å². The predicted molar refractivity (Wildman–Crippen MR) is 66.4 cm³/mol. The molecular formula is C12H14O4S. The van der Waals surface area contributed by atoms with Gasteiger partial charge in [-0.15, -0.1) is 11.8 Å². The lowest BCUT2D eigenvalue weighted by Gasteiger charge is -2.10. The SMILES string of the molecule is CCC(SCc1ccccc1C(=O)O)C(=O)O. The van der Waals surface area contributed by atoms with E-state index in [9.17, 15) is 9.59 Å². The average Bonchev–Trinajstić information content (AvgIpc) is 2.29. The molecule has 5 heteroatoms. The molecule has 92 valence electrons. The van der Waals surface area contributed by atoms with E-state index >= 15 is 0 Å². The Morgan fingerprint density at radius 1 is 1.29 bits per heavy atom. The number of rotatable bonds is 6. The third-order valence-electron chi connectivity index (χ3n) is 2.33. The van der Waals surface area contributed by atoms with Gasteiger partial charge in [0.05, 0.1) is 5.56 Å². The first kappa shape index (κ1) is 13.6. The molecule has 0 spiro atoms. The van der Waals surface area contributed by atoms with Crippen molar-refractivity contribution >= 4 is 23.7 Å². The van der Waals surface area contributed by atoms with Crippen LogP contribution in [0, 0.1) is 0 Å². The van der Waals surface area contributed by atoms with Crippen LogP contribution >= 0.6 is 11.8 Å². The predicted octanol–water partition coefficient (Wildman–Crippen LogP) is 2.48. The molecule has 0 amide bonds. The fourth-order valence-corrected chi connectivity index (χ4v) is 2.42. The van der Waals surface area contributed by atoms with Gasteiger partial charge >= 0.3 is 11.9 Å². The highest BCUT2D eigenvalue weighted by atomic mass is 32.2. The van der Waals surface area contributed by atoms with E-state index in [0.29, 0.717) is 17.7 Å². The van der Waals surface area contributed by atoms with Gasteiger partial charge in [0.15, 0.2) is 0 Å². The third-order valence-corrected chi connectivity index (χ3v) is 3.75. The minimum absolute atomic E-state index is 0.236. The summed E-state index contributed by atoms with van der Waals surface area (Å²) < 4.78 is 0. The number of hydrogen-bond donors (Lipinski definition) is 2. The summed E-state index contributed by atoms with van der Waals surface area (Å²) >= 11 is 1.25. The fourth-order valence-electron chi connectivity index (χ4n) is 1.41. The van der Waals surface area contributed by atoms with Gasteiger partial charge in [-0.3, -0.25) is 4.79 Å². The van der Waals surface area contributed by atoms with Gasteiger partial charge in [-0.05, 0) is 18.1 Å². The number of aliphatic carboxylic acids is 1. The van der Waals surface area contributed by atoms with Crippen LogP contribution in [0.5, 0.6) is 0 Å². The maximum atomic E-state index is 10.9. The van der Waals surface area contributed by atoms with Gasteiger partial charge in [0, 0.05) is 5.75 Å². The summed E-state index contributed by atoms with van der Waals surface area (Å²) in [4.78, 5) is 21.8. The highest BCUT2D eigenvalue weighted by Gasteiger charge is 2.17. The van der Waals surface area contributed by atoms with Crippen LogP contribution < -0.4 is 0 Å². The summed E-state index contributed by atoms with van der Waals surface area (Å²) in [5.74, 6) is -1.44. The fraction of sp³-hybridized carbons (Fsp3) is 0.333. The van der Waals surface area contributed by atoms with E-state index in [4.69, 9.17) is 10.2 Å². The number of benzene rings is 1. The molecule has 1 aromatic carbocycles. The third kappa shape index (κ3) is 3.78. The second-order valence-electron chi connectivity index (χ2n) is 3.51. The van der Waals surface area contributed by atoms with E-state index in [1.807, 2.05) is 0 Å². The molecule has 17 heavy (non-hydrogen) atoms. The number of carbonyl (C=O) groups is 2. The minimum Gasteiger partial charge on any atom is -0.480 e. The van der Waals surface area contributed by atoms with E-state index in [1.165, 1.54) is 17.8 Å². The molecule has 1 rings (SSSR count). The van der Waals surface area contributed by atoms with Crippen molar-refractivity contribution in [2.24, 2.45) is 0 Å². The molecule has 0 saturated heterocycles. The van der Waals surface area contributed by atoms with Gasteiger partial charge in [0.25, 0.3) is 0 Å². The van der Waals surface area contributed by atoms with Gasteiger partial charge in [0.2, 0.25) is 0 Å². The van der Waals surface area contributed by atoms with Crippen molar-refractivity contribution in [1.82, 2.24) is 0 Å². The summed E-state index contributed by atoms with van der Waals surface area (Å²) in [6, 6.07) is 6.65. The Hall–Kier alpha value is -1.49. The van der Waals surface area contributed by atoms with Gasteiger partial charge in [-0.25, -0.2) is 4.79 Å². The topological polar surface area (TPSA) is 74.6 Å². The molecule has 4 nitrogen and oxygen atoms in total. The van der Waals surface area contributed by atoms with Crippen molar-refractivity contribution in [2.75, 3.05) is 0 Å². The van der Waals surface area contributed by atoms with E-state index in [-0.39, 0.29) is 5.56 Å². The van der Waals surface area contributed by atoms with Crippen molar-refractivity contribution in [3.63, 3.8) is 0 Å². The standard InChI is InChI=1S/C12H14O4S/c1-2-10(12(15)16)17-7-8-5-3-4-6-9(8)11(13)14/h3-6,10H,2,7H2,1H3,(H,13,14)(H,15,16). The number of carboxylic acids is 2. The second kappa shape index (κ2) is 6.30. The Labute approximate surface area is 104 Å². The van der Waals surface area contributed by atoms with Crippen LogP contribution in [0.25, 0.3) is 0 Å². The Kier molecular flexibility index (Phi) is 5.03. The van der Waals surface area contributed by atoms with Crippen molar-refractivity contribution in [1.29, 1.82) is 0 Å². The van der Waals surface area contributed by atoms with Gasteiger partial charge in [-0.1, -0.05) is 25.1 Å². The highest BCUT2D eigenvalue weighted by molar-refractivity contribution is 7.99. The summed E-state index contributed by atoms with van der Waals surface area (Å²) in [5.41, 5.74) is 0.893. The molecule has 1 aromatic rings. The van der Waals surface area contributed by atoms with Crippen LogP contribution in [0.3, 0.4) is 0 Å². The molecule has 1 atom stereocenters. The summed E-state index contributed by atoms with van der Waals surface area (Å²) in [7, 11) is 0. The first-order chi connectivity index (χ1) is 8.06. The van der Waals surface area contributed by atoms with Crippen LogP contribution in [-0.4, -0.2) is 27.4 Å². The van der Waals surface area contributed by atoms with Crippen LogP contribution in [0.1, 0.15) is 29.3 Å². The zero-order valence-corrected chi connectivity index (χ0v) is 10.2. The minimum atomic E-state index is -0.982. The normalized spacial score (nSPS) is 12.1. The molecule has 0 saturated carbocycles. The number of carboxylic acid groups (broad SMARTS) is 2. The molecule has 0 bridgehead atoms. The molecule has 0 aromatic heterocycles. The first-order valence-corrected chi connectivity index (χ1v) is 6.26. The summed E-state index contributed by atoms with van der Waals surface area (Å²) in [5, 5.41) is 17.4. The van der Waals surface area contributed by atoms with Crippen LogP contribution in [-0.2, 0) is 10.5 Å². The second-order valence-corrected chi connectivity index (χ2v) is 4.70. The van der Waals surface area contributed by atoms with E-state index in [1.54, 1.807) is 25.1 Å². The summed E-state index contributed by atoms with van der Waals surface area (Å²) in [6.07, 6.45) is 0.523. The lowest BCUT2D eigenvalue weighted by molar-refractivity contribution is -0.136. The van der Waals surface area contributed by atoms with Crippen molar-refractivity contribution in [3.05, 3.63) is 35.4 Å². The monoisotopic (exact) mass is 254 g/mol. The van der Waals surface area contributed by atoms with Crippen LogP contribution in [0.4, 0.5) is 0 Å². The van der Waals surface area contributed by atoms with Crippen LogP contribution in [0.15, 0.2) is 24.3 Å². The lowest BCUT2D eigenvalue weighted by Crippen LogP contribution is -2.15. The molecular weight excluding hydrogens is 240 g/mol. The largest absolute Gasteiger partial charge is 0.480 e. The first-order valence-electron chi connectivity index (χ1n) is 5.21. The highest BCUT2D eigenvalue weighted by Crippen LogP contribution is 2.22. The Bertz CT molecular complexity index is 417. The molecule has 0 aliphatic rings. The Morgan fingerprint density at radius 3 is 2.47 bits per heavy atom. The molecule has 0 fully saturated rings. The number of hydrogen-bond acceptors (Lipinski definition) is 3. The summed E-state index contributed by atoms with van der Waals surface area (Å²) in [6.45, 7) is 1.80. The van der Waals surface area contributed by atoms with Gasteiger partial charge in [-0.2, -0.15) is 0 Å². The quantitative estimate of drug-likeness (QED) is 0.815. The lowest BCUT2D eigenvalue weighted by atomic mass is 10.1. The Morgan fingerprint density at radius 2 is 1.94 bits per heavy atom. The number of aromatic carboxylic acids is 1. The van der Waals surface area contributed by atoms with E-state index in [0.717, 1.165) is 0 Å². The molecule has 0 aliphatic heterocycles. The zero-order valence-electron chi connectivity index (χ0n) is 9.42. The zero-order chi connectivity index (χ0) is 12.8. The van der Waals surface area contributed by atoms with E-state index < -0.39 is 17.2 Å². The molecule has 0 heterocycles. The van der Waals surface area contributed by atoms with Crippen LogP contribution in [0.2, 0.25) is 0 Å². The maximum absolute atomic E-state index is 10.9. The maximum Gasteiger partial charge on any atom is 0.335 e. The average molecular weight is 254 g/mol. The molecule has 1 unspecified atom stereocenters. The van der Waals surface area contributed by atoms with E-state index in [2.05, 4.69) is 0 Å². The van der Waals surface area contributed by atoms with Gasteiger partial charge in [0.1, 0.15) is 5.25 Å². The molecule has 0 aliphatic carbocycles.